The lowest BCUT2D eigenvalue weighted by atomic mass is 10.3. The highest BCUT2D eigenvalue weighted by atomic mass is 16.5. The van der Waals surface area contributed by atoms with E-state index in [1.165, 1.54) is 25.3 Å². The molecule has 3 heteroatoms. The zero-order valence-electron chi connectivity index (χ0n) is 5.50. The fourth-order valence-electron chi connectivity index (χ4n) is 0.624. The minimum absolute atomic E-state index is 0.278. The Morgan fingerprint density at radius 2 is 2.20 bits per heavy atom. The Labute approximate surface area is 58.5 Å². The van der Waals surface area contributed by atoms with Crippen molar-refractivity contribution in [2.45, 2.75) is 0 Å². The van der Waals surface area contributed by atoms with E-state index in [1.807, 2.05) is 0 Å². The van der Waals surface area contributed by atoms with Crippen LogP contribution in [0, 0.1) is 0 Å². The van der Waals surface area contributed by atoms with E-state index in [9.17, 15) is 5.11 Å². The summed E-state index contributed by atoms with van der Waals surface area (Å²) in [4.78, 5) is 0. The van der Waals surface area contributed by atoms with E-state index < -0.39 is 0 Å². The maximum absolute atomic E-state index is 10.6. The Bertz CT molecular complexity index is 232. The van der Waals surface area contributed by atoms with Crippen molar-refractivity contribution in [3.63, 3.8) is 0 Å². The fraction of sp³-hybridized carbons (Fsp3) is 0.143. The molecule has 1 aromatic rings. The Kier molecular flexibility index (Phi) is 1.67. The summed E-state index contributed by atoms with van der Waals surface area (Å²) in [6.45, 7) is 0. The van der Waals surface area contributed by atoms with Gasteiger partial charge in [0.2, 0.25) is 5.75 Å². The lowest BCUT2D eigenvalue weighted by Gasteiger charge is -1.98. The SMILES string of the molecule is COc1ccc([O])c(O)c1. The number of phenolic OH excluding ortho intramolecular Hbond substituents is 1. The molecule has 10 heavy (non-hydrogen) atoms. The zero-order valence-corrected chi connectivity index (χ0v) is 5.50. The van der Waals surface area contributed by atoms with Crippen LogP contribution in [0.5, 0.6) is 17.2 Å². The molecule has 1 N–H and O–H groups in total. The topological polar surface area (TPSA) is 49.4 Å². The van der Waals surface area contributed by atoms with Gasteiger partial charge in [0.1, 0.15) is 5.75 Å². The minimum atomic E-state index is -0.388. The van der Waals surface area contributed by atoms with Crippen molar-refractivity contribution in [3.8, 4) is 17.2 Å². The number of rotatable bonds is 1. The van der Waals surface area contributed by atoms with E-state index in [0.29, 0.717) is 5.75 Å². The van der Waals surface area contributed by atoms with Gasteiger partial charge in [-0.05, 0) is 12.1 Å². The molecule has 0 saturated heterocycles. The predicted octanol–water partition coefficient (Wildman–Crippen LogP) is 1.54. The van der Waals surface area contributed by atoms with Crippen LogP contribution in [0.25, 0.3) is 0 Å². The summed E-state index contributed by atoms with van der Waals surface area (Å²) < 4.78 is 4.75. The smallest absolute Gasteiger partial charge is 0.220 e. The van der Waals surface area contributed by atoms with Crippen LogP contribution in [0.15, 0.2) is 18.2 Å². The summed E-state index contributed by atoms with van der Waals surface area (Å²) in [7, 11) is 1.47. The molecule has 1 aromatic carbocycles. The molecule has 0 aliphatic carbocycles. The third kappa shape index (κ3) is 1.13. The quantitative estimate of drug-likeness (QED) is 0.641. The summed E-state index contributed by atoms with van der Waals surface area (Å²) in [6, 6.07) is 4.04. The van der Waals surface area contributed by atoms with Crippen molar-refractivity contribution < 1.29 is 14.9 Å². The maximum Gasteiger partial charge on any atom is 0.220 e. The number of benzene rings is 1. The van der Waals surface area contributed by atoms with Crippen molar-refractivity contribution in [2.75, 3.05) is 7.11 Å². The molecule has 0 aliphatic heterocycles. The fourth-order valence-corrected chi connectivity index (χ4v) is 0.624. The van der Waals surface area contributed by atoms with E-state index >= 15 is 0 Å². The van der Waals surface area contributed by atoms with E-state index in [-0.39, 0.29) is 11.5 Å². The average Bonchev–Trinajstić information content (AvgIpc) is 1.95. The predicted molar refractivity (Wildman–Crippen MR) is 34.8 cm³/mol. The van der Waals surface area contributed by atoms with Gasteiger partial charge in [-0.1, -0.05) is 0 Å². The highest BCUT2D eigenvalue weighted by molar-refractivity contribution is 5.42. The second kappa shape index (κ2) is 2.47. The highest BCUT2D eigenvalue weighted by Gasteiger charge is 2.00. The van der Waals surface area contributed by atoms with Crippen molar-refractivity contribution in [3.05, 3.63) is 18.2 Å². The molecule has 0 saturated carbocycles. The molecule has 0 aromatic heterocycles. The van der Waals surface area contributed by atoms with Crippen LogP contribution < -0.4 is 4.74 Å². The Hall–Kier alpha value is -1.38. The lowest BCUT2D eigenvalue weighted by Crippen LogP contribution is -1.80. The van der Waals surface area contributed by atoms with E-state index in [0.717, 1.165) is 0 Å². The number of methoxy groups -OCH3 is 1. The van der Waals surface area contributed by atoms with Gasteiger partial charge in [0.15, 0.2) is 5.75 Å². The monoisotopic (exact) mass is 139 g/mol. The summed E-state index contributed by atoms with van der Waals surface area (Å²) >= 11 is 0. The van der Waals surface area contributed by atoms with Crippen LogP contribution in [-0.2, 0) is 5.11 Å². The van der Waals surface area contributed by atoms with Crippen molar-refractivity contribution >= 4 is 0 Å². The molecule has 1 radical (unpaired) electrons. The summed E-state index contributed by atoms with van der Waals surface area (Å²) in [6.07, 6.45) is 0. The summed E-state index contributed by atoms with van der Waals surface area (Å²) in [5, 5.41) is 19.4. The molecule has 53 valence electrons. The average molecular weight is 139 g/mol. The number of phenols is 1. The molecule has 3 nitrogen and oxygen atoms in total. The van der Waals surface area contributed by atoms with Crippen LogP contribution in [-0.4, -0.2) is 12.2 Å². The van der Waals surface area contributed by atoms with E-state index in [1.54, 1.807) is 0 Å². The first-order valence-electron chi connectivity index (χ1n) is 2.78. The summed E-state index contributed by atoms with van der Waals surface area (Å²) in [5.41, 5.74) is 0. The molecular weight excluding hydrogens is 132 g/mol. The first-order chi connectivity index (χ1) is 4.74. The third-order valence-corrected chi connectivity index (χ3v) is 1.17. The van der Waals surface area contributed by atoms with Gasteiger partial charge in [-0.25, -0.2) is 0 Å². The Morgan fingerprint density at radius 1 is 1.50 bits per heavy atom. The highest BCUT2D eigenvalue weighted by Crippen LogP contribution is 2.28. The van der Waals surface area contributed by atoms with Gasteiger partial charge < -0.3 is 9.84 Å². The number of ether oxygens (including phenoxy) is 1. The van der Waals surface area contributed by atoms with Gasteiger partial charge in [0, 0.05) is 6.07 Å². The zero-order chi connectivity index (χ0) is 7.56. The second-order valence-corrected chi connectivity index (χ2v) is 1.83. The largest absolute Gasteiger partial charge is 0.504 e. The van der Waals surface area contributed by atoms with Crippen LogP contribution in [0.4, 0.5) is 0 Å². The molecule has 0 amide bonds. The van der Waals surface area contributed by atoms with Gasteiger partial charge in [0.25, 0.3) is 0 Å². The van der Waals surface area contributed by atoms with Crippen LogP contribution in [0.2, 0.25) is 0 Å². The normalized spacial score (nSPS) is 9.30. The minimum Gasteiger partial charge on any atom is -0.504 e. The lowest BCUT2D eigenvalue weighted by molar-refractivity contribution is 0.322. The van der Waals surface area contributed by atoms with Gasteiger partial charge >= 0.3 is 0 Å². The number of hydrogen-bond donors (Lipinski definition) is 1. The van der Waals surface area contributed by atoms with E-state index in [4.69, 9.17) is 9.84 Å². The molecular formula is C7H7O3. The maximum atomic E-state index is 10.6. The van der Waals surface area contributed by atoms with Gasteiger partial charge in [-0.2, -0.15) is 0 Å². The first kappa shape index (κ1) is 6.74. The molecule has 0 spiro atoms. The molecule has 0 unspecified atom stereocenters. The molecule has 0 bridgehead atoms. The number of aromatic hydroxyl groups is 1. The standard InChI is InChI=1S/C7H7O3/c1-10-5-2-3-6(8)7(9)4-5/h2-4,9H,1H3. The second-order valence-electron chi connectivity index (χ2n) is 1.83. The molecule has 0 heterocycles. The molecule has 0 atom stereocenters. The van der Waals surface area contributed by atoms with Crippen LogP contribution in [0.3, 0.4) is 0 Å². The van der Waals surface area contributed by atoms with Crippen LogP contribution >= 0.6 is 0 Å². The van der Waals surface area contributed by atoms with Crippen LogP contribution in [0.1, 0.15) is 0 Å². The number of hydrogen-bond acceptors (Lipinski definition) is 2. The molecule has 1 rings (SSSR count). The molecule has 0 fully saturated rings. The van der Waals surface area contributed by atoms with Crippen molar-refractivity contribution in [1.82, 2.24) is 0 Å². The van der Waals surface area contributed by atoms with Crippen molar-refractivity contribution in [1.29, 1.82) is 0 Å². The van der Waals surface area contributed by atoms with Gasteiger partial charge in [-0.15, -0.1) is 0 Å². The Morgan fingerprint density at radius 3 is 2.70 bits per heavy atom. The van der Waals surface area contributed by atoms with E-state index in [2.05, 4.69) is 0 Å². The Balaban J connectivity index is 3.04. The third-order valence-electron chi connectivity index (χ3n) is 1.17. The van der Waals surface area contributed by atoms with Crippen molar-refractivity contribution in [2.24, 2.45) is 0 Å². The van der Waals surface area contributed by atoms with Gasteiger partial charge in [0.05, 0.1) is 7.11 Å². The first-order valence-corrected chi connectivity index (χ1v) is 2.78. The summed E-state index contributed by atoms with van der Waals surface area (Å²) in [5.74, 6) is -0.183. The molecule has 0 aliphatic rings. The van der Waals surface area contributed by atoms with Gasteiger partial charge in [-0.3, -0.25) is 5.11 Å².